The molecule has 1 aliphatic rings. The topological polar surface area (TPSA) is 66.8 Å². The van der Waals surface area contributed by atoms with Crippen LogP contribution in [0.4, 0.5) is 0 Å². The number of carbonyl (C=O) groups is 1. The minimum atomic E-state index is -1.02. The van der Waals surface area contributed by atoms with E-state index in [-0.39, 0.29) is 17.1 Å². The van der Waals surface area contributed by atoms with Crippen LogP contribution in [0.3, 0.4) is 0 Å². The fraction of sp³-hybridized carbons (Fsp3) is 0.250. The summed E-state index contributed by atoms with van der Waals surface area (Å²) >= 11 is 0. The van der Waals surface area contributed by atoms with Gasteiger partial charge in [-0.2, -0.15) is 0 Å². The maximum atomic E-state index is 12.4. The van der Waals surface area contributed by atoms with Crippen LogP contribution in [0.25, 0.3) is 6.08 Å². The number of aromatic hydroxyl groups is 1. The van der Waals surface area contributed by atoms with E-state index < -0.39 is 11.7 Å². The monoisotopic (exact) mass is 324 g/mol. The smallest absolute Gasteiger partial charge is 0.189 e. The van der Waals surface area contributed by atoms with Crippen LogP contribution in [-0.4, -0.2) is 27.7 Å². The van der Waals surface area contributed by atoms with Crippen molar-refractivity contribution in [3.05, 3.63) is 65.2 Å². The van der Waals surface area contributed by atoms with Crippen LogP contribution in [0.5, 0.6) is 11.5 Å². The predicted molar refractivity (Wildman–Crippen MR) is 92.3 cm³/mol. The first-order valence-corrected chi connectivity index (χ1v) is 7.87. The third-order valence-electron chi connectivity index (χ3n) is 4.18. The average Bonchev–Trinajstić information content (AvgIpc) is 2.99. The van der Waals surface area contributed by atoms with Gasteiger partial charge in [0.1, 0.15) is 17.6 Å². The van der Waals surface area contributed by atoms with Crippen LogP contribution in [0.15, 0.2) is 48.5 Å². The molecule has 1 atom stereocenters. The van der Waals surface area contributed by atoms with Crippen LogP contribution in [0.1, 0.15) is 35.3 Å². The molecule has 2 aromatic rings. The van der Waals surface area contributed by atoms with Crippen molar-refractivity contribution in [2.24, 2.45) is 0 Å². The van der Waals surface area contributed by atoms with Gasteiger partial charge < -0.3 is 14.9 Å². The molecule has 0 unspecified atom stereocenters. The Labute approximate surface area is 141 Å². The maximum Gasteiger partial charge on any atom is 0.189 e. The summed E-state index contributed by atoms with van der Waals surface area (Å²) in [4.78, 5) is 12.4. The first kappa shape index (κ1) is 16.3. The largest absolute Gasteiger partial charge is 0.507 e. The Bertz CT molecular complexity index is 785. The molecule has 0 amide bonds. The number of allylic oxidation sites excluding steroid dienone is 1. The lowest BCUT2D eigenvalue weighted by Crippen LogP contribution is -2.39. The summed E-state index contributed by atoms with van der Waals surface area (Å²) in [6.07, 6.45) is 3.09. The number of ether oxygens (including phenoxy) is 1. The zero-order valence-electron chi connectivity index (χ0n) is 13.7. The zero-order chi connectivity index (χ0) is 17.3. The van der Waals surface area contributed by atoms with Crippen molar-refractivity contribution >= 4 is 11.9 Å². The summed E-state index contributed by atoms with van der Waals surface area (Å²) in [5.74, 6) is 0.177. The molecular weight excluding hydrogens is 304 g/mol. The van der Waals surface area contributed by atoms with E-state index in [0.717, 1.165) is 5.56 Å². The van der Waals surface area contributed by atoms with Crippen molar-refractivity contribution in [3.63, 3.8) is 0 Å². The van der Waals surface area contributed by atoms with Gasteiger partial charge in [-0.05, 0) is 37.6 Å². The van der Waals surface area contributed by atoms with Crippen molar-refractivity contribution < 1.29 is 19.7 Å². The number of hydrogen-bond acceptors (Lipinski definition) is 4. The second-order valence-corrected chi connectivity index (χ2v) is 6.51. The van der Waals surface area contributed by atoms with Crippen molar-refractivity contribution in [1.82, 2.24) is 0 Å². The van der Waals surface area contributed by atoms with E-state index in [1.54, 1.807) is 32.1 Å². The Kier molecular flexibility index (Phi) is 4.16. The molecule has 0 aliphatic carbocycles. The summed E-state index contributed by atoms with van der Waals surface area (Å²) in [5, 5.41) is 20.5. The minimum Gasteiger partial charge on any atom is -0.507 e. The van der Waals surface area contributed by atoms with Crippen molar-refractivity contribution in [1.29, 1.82) is 0 Å². The lowest BCUT2D eigenvalue weighted by molar-refractivity contribution is -0.0229. The van der Waals surface area contributed by atoms with Crippen molar-refractivity contribution in [3.8, 4) is 11.5 Å². The number of ketones is 1. The highest BCUT2D eigenvalue weighted by molar-refractivity contribution is 6.09. The maximum absolute atomic E-state index is 12.4. The molecule has 4 nitrogen and oxygen atoms in total. The van der Waals surface area contributed by atoms with Crippen LogP contribution in [-0.2, 0) is 6.42 Å². The fourth-order valence-corrected chi connectivity index (χ4v) is 2.72. The van der Waals surface area contributed by atoms with E-state index in [1.165, 1.54) is 6.08 Å². The van der Waals surface area contributed by atoms with Gasteiger partial charge in [-0.3, -0.25) is 4.79 Å². The Balaban J connectivity index is 1.84. The van der Waals surface area contributed by atoms with Gasteiger partial charge in [0.05, 0.1) is 11.2 Å². The minimum absolute atomic E-state index is 0.0676. The molecule has 2 aromatic carbocycles. The highest BCUT2D eigenvalue weighted by atomic mass is 16.5. The molecule has 0 saturated heterocycles. The van der Waals surface area contributed by atoms with Crippen LogP contribution in [0, 0.1) is 0 Å². The van der Waals surface area contributed by atoms with Gasteiger partial charge in [-0.1, -0.05) is 36.4 Å². The Morgan fingerprint density at radius 2 is 1.92 bits per heavy atom. The summed E-state index contributed by atoms with van der Waals surface area (Å²) < 4.78 is 5.68. The number of benzene rings is 2. The van der Waals surface area contributed by atoms with Crippen molar-refractivity contribution in [2.75, 3.05) is 0 Å². The van der Waals surface area contributed by atoms with Crippen LogP contribution < -0.4 is 4.74 Å². The molecule has 3 rings (SSSR count). The summed E-state index contributed by atoms with van der Waals surface area (Å²) in [6.45, 7) is 3.32. The Morgan fingerprint density at radius 3 is 2.58 bits per heavy atom. The normalized spacial score (nSPS) is 16.9. The molecule has 2 N–H and O–H groups in total. The highest BCUT2D eigenvalue weighted by Crippen LogP contribution is 2.40. The second-order valence-electron chi connectivity index (χ2n) is 6.51. The lowest BCUT2D eigenvalue weighted by Gasteiger charge is -2.24. The molecule has 0 bridgehead atoms. The number of fused-ring (bicyclic) bond motifs is 1. The number of hydrogen-bond donors (Lipinski definition) is 2. The molecule has 1 aliphatic heterocycles. The molecule has 0 saturated carbocycles. The van der Waals surface area contributed by atoms with Gasteiger partial charge in [0, 0.05) is 12.0 Å². The molecule has 0 radical (unpaired) electrons. The Morgan fingerprint density at radius 1 is 1.21 bits per heavy atom. The molecule has 24 heavy (non-hydrogen) atoms. The highest BCUT2D eigenvalue weighted by Gasteiger charge is 2.37. The molecular formula is C20H20O4. The van der Waals surface area contributed by atoms with Crippen molar-refractivity contribution in [2.45, 2.75) is 32.0 Å². The van der Waals surface area contributed by atoms with Gasteiger partial charge in [0.2, 0.25) is 0 Å². The van der Waals surface area contributed by atoms with E-state index in [1.807, 2.05) is 30.3 Å². The molecule has 1 heterocycles. The first-order valence-electron chi connectivity index (χ1n) is 7.87. The van der Waals surface area contributed by atoms with Crippen LogP contribution >= 0.6 is 0 Å². The lowest BCUT2D eigenvalue weighted by atomic mass is 9.95. The predicted octanol–water partition coefficient (Wildman–Crippen LogP) is 3.36. The average molecular weight is 324 g/mol. The number of phenols is 1. The van der Waals surface area contributed by atoms with Gasteiger partial charge in [-0.15, -0.1) is 0 Å². The molecule has 124 valence electrons. The van der Waals surface area contributed by atoms with E-state index >= 15 is 0 Å². The van der Waals surface area contributed by atoms with E-state index in [9.17, 15) is 15.0 Å². The summed E-state index contributed by atoms with van der Waals surface area (Å²) in [6, 6.07) is 12.7. The van der Waals surface area contributed by atoms with Gasteiger partial charge in [0.15, 0.2) is 5.78 Å². The third kappa shape index (κ3) is 3.19. The first-order chi connectivity index (χ1) is 11.4. The standard InChI is InChI=1S/C20H20O4/c1-20(2,23)18-12-15-17(24-18)11-9-14(19(15)22)16(21)10-8-13-6-4-3-5-7-13/h3-11,18,22-23H,12H2,1-2H3/t18-/m1/s1. The van der Waals surface area contributed by atoms with E-state index in [4.69, 9.17) is 4.74 Å². The molecule has 0 aromatic heterocycles. The quantitative estimate of drug-likeness (QED) is 0.668. The molecule has 0 spiro atoms. The second kappa shape index (κ2) is 6.13. The molecule has 4 heteroatoms. The number of rotatable bonds is 4. The number of aliphatic hydroxyl groups is 1. The SMILES string of the molecule is CC(C)(O)[C@H]1Cc2c(ccc(C(=O)C=Cc3ccccc3)c2O)O1. The fourth-order valence-electron chi connectivity index (χ4n) is 2.72. The number of phenolic OH excluding ortho intramolecular Hbond substituents is 1. The van der Waals surface area contributed by atoms with Crippen LogP contribution in [0.2, 0.25) is 0 Å². The van der Waals surface area contributed by atoms with E-state index in [2.05, 4.69) is 0 Å². The van der Waals surface area contributed by atoms with Gasteiger partial charge in [-0.25, -0.2) is 0 Å². The summed E-state index contributed by atoms with van der Waals surface area (Å²) in [5.41, 5.74) is 0.696. The number of carbonyl (C=O) groups excluding carboxylic acids is 1. The van der Waals surface area contributed by atoms with E-state index in [0.29, 0.717) is 17.7 Å². The third-order valence-corrected chi connectivity index (χ3v) is 4.18. The van der Waals surface area contributed by atoms with Gasteiger partial charge >= 0.3 is 0 Å². The zero-order valence-corrected chi connectivity index (χ0v) is 13.7. The van der Waals surface area contributed by atoms with Gasteiger partial charge in [0.25, 0.3) is 0 Å². The summed E-state index contributed by atoms with van der Waals surface area (Å²) in [7, 11) is 0. The Hall–Kier alpha value is -2.59. The molecule has 0 fully saturated rings.